The van der Waals surface area contributed by atoms with Crippen LogP contribution in [0.25, 0.3) is 10.1 Å². The van der Waals surface area contributed by atoms with Gasteiger partial charge in [0.25, 0.3) is 0 Å². The quantitative estimate of drug-likeness (QED) is 0.777. The second-order valence-electron chi connectivity index (χ2n) is 5.99. The monoisotopic (exact) mass is 287 g/mol. The second kappa shape index (κ2) is 5.21. The van der Waals surface area contributed by atoms with Crippen molar-refractivity contribution >= 4 is 27.1 Å². The summed E-state index contributed by atoms with van der Waals surface area (Å²) in [5, 5.41) is 2.93. The molecule has 0 unspecified atom stereocenters. The van der Waals surface area contributed by atoms with E-state index >= 15 is 0 Å². The van der Waals surface area contributed by atoms with Crippen molar-refractivity contribution in [3.63, 3.8) is 0 Å². The first-order chi connectivity index (χ1) is 9.58. The molecule has 106 valence electrons. The maximum atomic E-state index is 12.8. The highest BCUT2D eigenvalue weighted by Gasteiger charge is 2.27. The summed E-state index contributed by atoms with van der Waals surface area (Å²) in [5.41, 5.74) is 2.24. The molecule has 0 spiro atoms. The number of aryl methyl sites for hydroxylation is 1. The largest absolute Gasteiger partial charge is 0.362 e. The smallest absolute Gasteiger partial charge is 0.211 e. The molecule has 1 saturated heterocycles. The molecule has 20 heavy (non-hydrogen) atoms. The average Bonchev–Trinajstić information content (AvgIpc) is 2.41. The van der Waals surface area contributed by atoms with Crippen molar-refractivity contribution in [2.75, 3.05) is 4.90 Å². The molecule has 1 aliphatic rings. The topological polar surface area (TPSA) is 20.3 Å². The number of piperidine rings is 1. The number of fused-ring (bicyclic) bond motifs is 1. The summed E-state index contributed by atoms with van der Waals surface area (Å²) < 4.78 is 1.08. The third-order valence-corrected chi connectivity index (χ3v) is 5.33. The first-order valence-corrected chi connectivity index (χ1v) is 8.26. The summed E-state index contributed by atoms with van der Waals surface area (Å²) in [6, 6.07) is 7.08. The molecule has 0 amide bonds. The zero-order chi connectivity index (χ0) is 14.3. The molecule has 0 N–H and O–H groups in total. The highest BCUT2D eigenvalue weighted by molar-refractivity contribution is 7.16. The van der Waals surface area contributed by atoms with Crippen molar-refractivity contribution in [1.82, 2.24) is 0 Å². The maximum absolute atomic E-state index is 12.8. The van der Waals surface area contributed by atoms with Gasteiger partial charge in [-0.3, -0.25) is 4.79 Å². The molecule has 0 radical (unpaired) electrons. The molecule has 1 aliphatic heterocycles. The average molecular weight is 287 g/mol. The lowest BCUT2D eigenvalue weighted by atomic mass is 9.97. The Hall–Kier alpha value is -1.35. The van der Waals surface area contributed by atoms with E-state index in [4.69, 9.17) is 0 Å². The summed E-state index contributed by atoms with van der Waals surface area (Å²) >= 11 is 1.68. The molecule has 0 aliphatic carbocycles. The molecule has 0 bridgehead atoms. The van der Waals surface area contributed by atoms with Gasteiger partial charge in [-0.1, -0.05) is 11.6 Å². The fraction of sp³-hybridized carbons (Fsp3) is 0.471. The standard InChI is InChI=1S/C17H21NOS/c1-11-7-8-16-14(9-11)17(19)15(10-20-16)18-12(2)5-4-6-13(18)3/h7-10,12-13H,4-6H2,1-3H3/t12-,13-/m1/s1. The van der Waals surface area contributed by atoms with Crippen LogP contribution in [0.15, 0.2) is 28.4 Å². The van der Waals surface area contributed by atoms with Crippen molar-refractivity contribution in [3.8, 4) is 0 Å². The van der Waals surface area contributed by atoms with Crippen LogP contribution in [0, 0.1) is 6.92 Å². The summed E-state index contributed by atoms with van der Waals surface area (Å²) in [6.45, 7) is 6.52. The molecule has 1 fully saturated rings. The number of rotatable bonds is 1. The van der Waals surface area contributed by atoms with Crippen LogP contribution >= 0.6 is 11.3 Å². The van der Waals surface area contributed by atoms with Gasteiger partial charge in [0.2, 0.25) is 5.43 Å². The molecule has 2 heterocycles. The van der Waals surface area contributed by atoms with Crippen LogP contribution in [0.5, 0.6) is 0 Å². The molecule has 2 nitrogen and oxygen atoms in total. The minimum atomic E-state index is 0.197. The first-order valence-electron chi connectivity index (χ1n) is 7.38. The minimum Gasteiger partial charge on any atom is -0.362 e. The van der Waals surface area contributed by atoms with E-state index in [0.29, 0.717) is 12.1 Å². The predicted molar refractivity (Wildman–Crippen MR) is 88.1 cm³/mol. The fourth-order valence-corrected chi connectivity index (χ4v) is 4.20. The Morgan fingerprint density at radius 2 is 1.90 bits per heavy atom. The fourth-order valence-electron chi connectivity index (χ4n) is 3.31. The van der Waals surface area contributed by atoms with Crippen molar-refractivity contribution in [2.24, 2.45) is 0 Å². The molecule has 2 aromatic rings. The Bertz CT molecular complexity index is 681. The van der Waals surface area contributed by atoms with E-state index in [1.54, 1.807) is 11.3 Å². The third-order valence-electron chi connectivity index (χ3n) is 4.38. The van der Waals surface area contributed by atoms with Crippen LogP contribution < -0.4 is 10.3 Å². The van der Waals surface area contributed by atoms with E-state index in [0.717, 1.165) is 21.3 Å². The van der Waals surface area contributed by atoms with Gasteiger partial charge in [0, 0.05) is 27.5 Å². The molecule has 1 aromatic carbocycles. The van der Waals surface area contributed by atoms with E-state index in [1.165, 1.54) is 19.3 Å². The highest BCUT2D eigenvalue weighted by Crippen LogP contribution is 2.30. The first kappa shape index (κ1) is 13.6. The van der Waals surface area contributed by atoms with Crippen molar-refractivity contribution < 1.29 is 0 Å². The molecule has 0 saturated carbocycles. The Kier molecular flexibility index (Phi) is 3.55. The van der Waals surface area contributed by atoms with Crippen LogP contribution in [-0.2, 0) is 0 Å². The van der Waals surface area contributed by atoms with E-state index in [1.807, 2.05) is 13.0 Å². The van der Waals surface area contributed by atoms with E-state index < -0.39 is 0 Å². The number of hydrogen-bond donors (Lipinski definition) is 0. The van der Waals surface area contributed by atoms with Crippen molar-refractivity contribution in [2.45, 2.75) is 52.1 Å². The minimum absolute atomic E-state index is 0.197. The number of benzene rings is 1. The third kappa shape index (κ3) is 2.24. The number of anilines is 1. The Balaban J connectivity index is 2.16. The van der Waals surface area contributed by atoms with Gasteiger partial charge in [-0.15, -0.1) is 11.3 Å². The van der Waals surface area contributed by atoms with Gasteiger partial charge in [0.15, 0.2) is 0 Å². The normalized spacial score (nSPS) is 23.2. The van der Waals surface area contributed by atoms with Crippen LogP contribution in [0.2, 0.25) is 0 Å². The summed E-state index contributed by atoms with van der Waals surface area (Å²) in [6.07, 6.45) is 3.63. The van der Waals surface area contributed by atoms with E-state index in [2.05, 4.69) is 36.3 Å². The number of nitrogens with zero attached hydrogens (tertiary/aromatic N) is 1. The van der Waals surface area contributed by atoms with Crippen LogP contribution in [0.1, 0.15) is 38.7 Å². The second-order valence-corrected chi connectivity index (χ2v) is 6.90. The lowest BCUT2D eigenvalue weighted by Crippen LogP contribution is -2.45. The summed E-state index contributed by atoms with van der Waals surface area (Å²) in [4.78, 5) is 15.2. The Morgan fingerprint density at radius 3 is 2.60 bits per heavy atom. The van der Waals surface area contributed by atoms with Gasteiger partial charge in [-0.2, -0.15) is 0 Å². The Labute approximate surface area is 124 Å². The zero-order valence-corrected chi connectivity index (χ0v) is 13.2. The highest BCUT2D eigenvalue weighted by atomic mass is 32.1. The molecule has 3 heteroatoms. The SMILES string of the molecule is Cc1ccc2scc(N3[C@H](C)CCC[C@H]3C)c(=O)c2c1. The number of hydrogen-bond acceptors (Lipinski definition) is 3. The Morgan fingerprint density at radius 1 is 1.20 bits per heavy atom. The van der Waals surface area contributed by atoms with Crippen molar-refractivity contribution in [3.05, 3.63) is 39.4 Å². The van der Waals surface area contributed by atoms with Gasteiger partial charge in [0.05, 0.1) is 5.69 Å². The molecule has 1 aromatic heterocycles. The van der Waals surface area contributed by atoms with E-state index in [9.17, 15) is 4.79 Å². The maximum Gasteiger partial charge on any atom is 0.211 e. The van der Waals surface area contributed by atoms with Gasteiger partial charge < -0.3 is 4.90 Å². The van der Waals surface area contributed by atoms with Gasteiger partial charge in [-0.25, -0.2) is 0 Å². The van der Waals surface area contributed by atoms with Crippen LogP contribution in [0.4, 0.5) is 5.69 Å². The lowest BCUT2D eigenvalue weighted by Gasteiger charge is -2.40. The predicted octanol–water partition coefficient (Wildman–Crippen LogP) is 4.34. The van der Waals surface area contributed by atoms with Crippen LogP contribution in [0.3, 0.4) is 0 Å². The molecule has 3 rings (SSSR count). The summed E-state index contributed by atoms with van der Waals surface area (Å²) in [7, 11) is 0. The lowest BCUT2D eigenvalue weighted by molar-refractivity contribution is 0.414. The molecular formula is C17H21NOS. The van der Waals surface area contributed by atoms with Crippen LogP contribution in [-0.4, -0.2) is 12.1 Å². The van der Waals surface area contributed by atoms with Crippen molar-refractivity contribution in [1.29, 1.82) is 0 Å². The van der Waals surface area contributed by atoms with Gasteiger partial charge >= 0.3 is 0 Å². The van der Waals surface area contributed by atoms with Gasteiger partial charge in [0.1, 0.15) is 0 Å². The summed E-state index contributed by atoms with van der Waals surface area (Å²) in [5.74, 6) is 0. The molecule has 2 atom stereocenters. The van der Waals surface area contributed by atoms with Gasteiger partial charge in [-0.05, 0) is 52.2 Å². The van der Waals surface area contributed by atoms with E-state index in [-0.39, 0.29) is 5.43 Å². The zero-order valence-electron chi connectivity index (χ0n) is 12.3. The molecular weight excluding hydrogens is 266 g/mol.